The minimum atomic E-state index is -0.431. The van der Waals surface area contributed by atoms with E-state index < -0.39 is 6.04 Å². The van der Waals surface area contributed by atoms with Crippen molar-refractivity contribution in [1.82, 2.24) is 16.0 Å². The van der Waals surface area contributed by atoms with E-state index in [0.29, 0.717) is 24.8 Å². The second-order valence-corrected chi connectivity index (χ2v) is 6.27. The van der Waals surface area contributed by atoms with Crippen LogP contribution in [0.5, 0.6) is 0 Å². The van der Waals surface area contributed by atoms with Crippen molar-refractivity contribution in [3.05, 3.63) is 0 Å². The molecule has 1 saturated heterocycles. The predicted molar refractivity (Wildman–Crippen MR) is 78.2 cm³/mol. The van der Waals surface area contributed by atoms with Gasteiger partial charge in [-0.15, -0.1) is 0 Å². The van der Waals surface area contributed by atoms with Crippen molar-refractivity contribution in [3.8, 4) is 0 Å². The summed E-state index contributed by atoms with van der Waals surface area (Å²) >= 11 is 0. The molecule has 0 aromatic rings. The molecule has 1 unspecified atom stereocenters. The molecular formula is C15H27N3O2. The molecule has 1 atom stereocenters. The van der Waals surface area contributed by atoms with Crippen LogP contribution in [0.1, 0.15) is 45.4 Å². The normalized spacial score (nSPS) is 21.9. The smallest absolute Gasteiger partial charge is 0.242 e. The van der Waals surface area contributed by atoms with Crippen molar-refractivity contribution in [2.45, 2.75) is 51.5 Å². The SMILES string of the molecule is CC(NC(=O)CC1CCCCC1)C(=O)NCC1CNC1. The average molecular weight is 281 g/mol. The second kappa shape index (κ2) is 7.62. The van der Waals surface area contributed by atoms with Crippen LogP contribution in [0.15, 0.2) is 0 Å². The number of amides is 2. The molecule has 114 valence electrons. The molecule has 5 nitrogen and oxygen atoms in total. The Bertz CT molecular complexity index is 336. The Balaban J connectivity index is 1.62. The lowest BCUT2D eigenvalue weighted by molar-refractivity contribution is -0.129. The van der Waals surface area contributed by atoms with E-state index in [2.05, 4.69) is 16.0 Å². The van der Waals surface area contributed by atoms with Gasteiger partial charge in [-0.25, -0.2) is 0 Å². The van der Waals surface area contributed by atoms with Gasteiger partial charge < -0.3 is 16.0 Å². The first-order chi connectivity index (χ1) is 9.65. The second-order valence-electron chi connectivity index (χ2n) is 6.27. The predicted octanol–water partition coefficient (Wildman–Crippen LogP) is 0.797. The number of carbonyl (C=O) groups is 2. The van der Waals surface area contributed by atoms with Gasteiger partial charge in [0.15, 0.2) is 0 Å². The van der Waals surface area contributed by atoms with E-state index in [1.165, 1.54) is 19.3 Å². The molecule has 2 aliphatic rings. The summed E-state index contributed by atoms with van der Waals surface area (Å²) < 4.78 is 0. The van der Waals surface area contributed by atoms with Gasteiger partial charge in [-0.05, 0) is 25.7 Å². The van der Waals surface area contributed by atoms with E-state index in [9.17, 15) is 9.59 Å². The summed E-state index contributed by atoms with van der Waals surface area (Å²) in [5, 5.41) is 8.89. The lowest BCUT2D eigenvalue weighted by atomic mass is 9.87. The number of rotatable bonds is 6. The van der Waals surface area contributed by atoms with Crippen LogP contribution in [0.4, 0.5) is 0 Å². The highest BCUT2D eigenvalue weighted by Crippen LogP contribution is 2.26. The summed E-state index contributed by atoms with van der Waals surface area (Å²) in [4.78, 5) is 23.8. The summed E-state index contributed by atoms with van der Waals surface area (Å²) in [6, 6.07) is -0.431. The van der Waals surface area contributed by atoms with Gasteiger partial charge in [0.25, 0.3) is 0 Å². The van der Waals surface area contributed by atoms with Crippen LogP contribution in [-0.4, -0.2) is 37.5 Å². The Morgan fingerprint density at radius 1 is 1.15 bits per heavy atom. The summed E-state index contributed by atoms with van der Waals surface area (Å²) in [7, 11) is 0. The third-order valence-corrected chi connectivity index (χ3v) is 4.40. The van der Waals surface area contributed by atoms with E-state index in [-0.39, 0.29) is 11.8 Å². The Kier molecular flexibility index (Phi) is 5.83. The molecule has 1 aliphatic carbocycles. The molecular weight excluding hydrogens is 254 g/mol. The fraction of sp³-hybridized carbons (Fsp3) is 0.867. The van der Waals surface area contributed by atoms with Gasteiger partial charge in [-0.3, -0.25) is 9.59 Å². The third kappa shape index (κ3) is 4.78. The zero-order valence-corrected chi connectivity index (χ0v) is 12.4. The minimum absolute atomic E-state index is 0.0184. The summed E-state index contributed by atoms with van der Waals surface area (Å²) in [6.07, 6.45) is 6.66. The van der Waals surface area contributed by atoms with Crippen LogP contribution in [0.25, 0.3) is 0 Å². The molecule has 0 radical (unpaired) electrons. The van der Waals surface area contributed by atoms with Crippen molar-refractivity contribution in [3.63, 3.8) is 0 Å². The van der Waals surface area contributed by atoms with Crippen LogP contribution in [-0.2, 0) is 9.59 Å². The van der Waals surface area contributed by atoms with Crippen LogP contribution in [0, 0.1) is 11.8 Å². The average Bonchev–Trinajstić information content (AvgIpc) is 2.37. The number of nitrogens with one attached hydrogen (secondary N) is 3. The summed E-state index contributed by atoms with van der Waals surface area (Å²) in [5.41, 5.74) is 0. The molecule has 20 heavy (non-hydrogen) atoms. The Hall–Kier alpha value is -1.10. The Morgan fingerprint density at radius 3 is 2.45 bits per heavy atom. The molecule has 1 aliphatic heterocycles. The van der Waals surface area contributed by atoms with Crippen molar-refractivity contribution in [1.29, 1.82) is 0 Å². The third-order valence-electron chi connectivity index (χ3n) is 4.40. The first kappa shape index (κ1) is 15.3. The van der Waals surface area contributed by atoms with E-state index in [1.54, 1.807) is 6.92 Å². The summed E-state index contributed by atoms with van der Waals surface area (Å²) in [6.45, 7) is 4.41. The molecule has 0 aromatic carbocycles. The molecule has 2 amide bonds. The van der Waals surface area contributed by atoms with Gasteiger partial charge in [0, 0.05) is 32.0 Å². The van der Waals surface area contributed by atoms with Gasteiger partial charge in [0.05, 0.1) is 0 Å². The quantitative estimate of drug-likeness (QED) is 0.674. The molecule has 0 aromatic heterocycles. The molecule has 2 fully saturated rings. The van der Waals surface area contributed by atoms with Gasteiger partial charge in [-0.1, -0.05) is 19.3 Å². The molecule has 5 heteroatoms. The first-order valence-corrected chi connectivity index (χ1v) is 7.93. The minimum Gasteiger partial charge on any atom is -0.354 e. The Morgan fingerprint density at radius 2 is 1.85 bits per heavy atom. The summed E-state index contributed by atoms with van der Waals surface area (Å²) in [5.74, 6) is 1.00. The van der Waals surface area contributed by atoms with Crippen LogP contribution in [0.2, 0.25) is 0 Å². The van der Waals surface area contributed by atoms with E-state index in [1.807, 2.05) is 0 Å². The topological polar surface area (TPSA) is 70.2 Å². The fourth-order valence-electron chi connectivity index (χ4n) is 2.91. The van der Waals surface area contributed by atoms with Gasteiger partial charge >= 0.3 is 0 Å². The molecule has 2 rings (SSSR count). The maximum absolute atomic E-state index is 11.9. The largest absolute Gasteiger partial charge is 0.354 e. The van der Waals surface area contributed by atoms with Crippen LogP contribution < -0.4 is 16.0 Å². The zero-order chi connectivity index (χ0) is 14.4. The van der Waals surface area contributed by atoms with E-state index in [4.69, 9.17) is 0 Å². The number of hydrogen-bond acceptors (Lipinski definition) is 3. The zero-order valence-electron chi connectivity index (χ0n) is 12.4. The van der Waals surface area contributed by atoms with E-state index >= 15 is 0 Å². The van der Waals surface area contributed by atoms with Crippen LogP contribution >= 0.6 is 0 Å². The first-order valence-electron chi connectivity index (χ1n) is 7.93. The van der Waals surface area contributed by atoms with Crippen molar-refractivity contribution >= 4 is 11.8 Å². The number of carbonyl (C=O) groups excluding carboxylic acids is 2. The molecule has 0 spiro atoms. The molecule has 1 heterocycles. The maximum atomic E-state index is 11.9. The van der Waals surface area contributed by atoms with Crippen molar-refractivity contribution in [2.75, 3.05) is 19.6 Å². The maximum Gasteiger partial charge on any atom is 0.242 e. The van der Waals surface area contributed by atoms with E-state index in [0.717, 1.165) is 25.9 Å². The lowest BCUT2D eigenvalue weighted by Crippen LogP contribution is -2.51. The highest BCUT2D eigenvalue weighted by atomic mass is 16.2. The monoisotopic (exact) mass is 281 g/mol. The molecule has 0 bridgehead atoms. The standard InChI is InChI=1S/C15H27N3O2/c1-11(15(20)17-10-13-8-16-9-13)18-14(19)7-12-5-3-2-4-6-12/h11-13,16H,2-10H2,1H3,(H,17,20)(H,18,19). The highest BCUT2D eigenvalue weighted by molar-refractivity contribution is 5.87. The van der Waals surface area contributed by atoms with Crippen LogP contribution in [0.3, 0.4) is 0 Å². The fourth-order valence-corrected chi connectivity index (χ4v) is 2.91. The van der Waals surface area contributed by atoms with Crippen molar-refractivity contribution in [2.24, 2.45) is 11.8 Å². The van der Waals surface area contributed by atoms with Gasteiger partial charge in [0.1, 0.15) is 6.04 Å². The molecule has 3 N–H and O–H groups in total. The lowest BCUT2D eigenvalue weighted by Gasteiger charge is -2.27. The van der Waals surface area contributed by atoms with Gasteiger partial charge in [-0.2, -0.15) is 0 Å². The Labute approximate surface area is 121 Å². The van der Waals surface area contributed by atoms with Crippen molar-refractivity contribution < 1.29 is 9.59 Å². The molecule has 1 saturated carbocycles. The van der Waals surface area contributed by atoms with Gasteiger partial charge in [0.2, 0.25) is 11.8 Å². The number of hydrogen-bond donors (Lipinski definition) is 3. The highest BCUT2D eigenvalue weighted by Gasteiger charge is 2.22.